The molecule has 0 saturated carbocycles. The van der Waals surface area contributed by atoms with Crippen LogP contribution in [-0.2, 0) is 0 Å². The molecule has 134 valence electrons. The summed E-state index contributed by atoms with van der Waals surface area (Å²) in [6.45, 7) is 7.27. The molecule has 1 amide bonds. The van der Waals surface area contributed by atoms with Crippen LogP contribution in [-0.4, -0.2) is 26.2 Å². The predicted molar refractivity (Wildman–Crippen MR) is 98.0 cm³/mol. The second kappa shape index (κ2) is 6.96. The predicted octanol–water partition coefficient (Wildman–Crippen LogP) is 4.05. The minimum absolute atomic E-state index is 0.0841. The largest absolute Gasteiger partial charge is 0.493 e. The molecule has 2 heterocycles. The number of carbonyl (C=O) groups excluding carboxylic acids is 1. The average Bonchev–Trinajstić information content (AvgIpc) is 3.11. The summed E-state index contributed by atoms with van der Waals surface area (Å²) in [5, 5.41) is 5.17. The molecule has 0 saturated heterocycles. The van der Waals surface area contributed by atoms with Gasteiger partial charge in [0.05, 0.1) is 13.2 Å². The molecular formula is C19H23NO4S. The van der Waals surface area contributed by atoms with Gasteiger partial charge >= 0.3 is 0 Å². The van der Waals surface area contributed by atoms with Crippen molar-refractivity contribution >= 4 is 17.2 Å². The van der Waals surface area contributed by atoms with Crippen LogP contribution in [0, 0.1) is 5.41 Å². The second-order valence-electron chi connectivity index (χ2n) is 6.99. The van der Waals surface area contributed by atoms with Gasteiger partial charge in [-0.2, -0.15) is 0 Å². The van der Waals surface area contributed by atoms with Crippen LogP contribution >= 0.6 is 11.3 Å². The minimum Gasteiger partial charge on any atom is -0.493 e. The molecule has 2 aromatic rings. The first-order valence-electron chi connectivity index (χ1n) is 8.22. The Bertz CT molecular complexity index is 732. The summed E-state index contributed by atoms with van der Waals surface area (Å²) in [5.74, 6) is 1.43. The topological polar surface area (TPSA) is 56.8 Å². The summed E-state index contributed by atoms with van der Waals surface area (Å²) in [7, 11) is 1.55. The third-order valence-electron chi connectivity index (χ3n) is 4.06. The normalized spacial score (nSPS) is 14.7. The van der Waals surface area contributed by atoms with Crippen LogP contribution in [0.15, 0.2) is 29.6 Å². The molecule has 0 radical (unpaired) electrons. The monoisotopic (exact) mass is 361 g/mol. The van der Waals surface area contributed by atoms with Crippen molar-refractivity contribution in [2.24, 2.45) is 5.41 Å². The van der Waals surface area contributed by atoms with Gasteiger partial charge in [-0.3, -0.25) is 4.79 Å². The van der Waals surface area contributed by atoms with Gasteiger partial charge in [0.2, 0.25) is 5.75 Å². The number of benzene rings is 1. The van der Waals surface area contributed by atoms with Gasteiger partial charge in [0.1, 0.15) is 13.2 Å². The van der Waals surface area contributed by atoms with E-state index < -0.39 is 0 Å². The fraction of sp³-hybridized carbons (Fsp3) is 0.421. The molecule has 0 aliphatic carbocycles. The maximum atomic E-state index is 12.9. The molecule has 1 atom stereocenters. The lowest BCUT2D eigenvalue weighted by molar-refractivity contribution is 0.0901. The lowest BCUT2D eigenvalue weighted by atomic mass is 9.85. The zero-order chi connectivity index (χ0) is 18.0. The van der Waals surface area contributed by atoms with Crippen LogP contribution in [0.25, 0.3) is 0 Å². The molecule has 25 heavy (non-hydrogen) atoms. The van der Waals surface area contributed by atoms with Crippen molar-refractivity contribution in [2.75, 3.05) is 20.3 Å². The van der Waals surface area contributed by atoms with Crippen molar-refractivity contribution in [2.45, 2.75) is 26.8 Å². The molecule has 6 heteroatoms. The lowest BCUT2D eigenvalue weighted by Gasteiger charge is -2.31. The van der Waals surface area contributed by atoms with Crippen molar-refractivity contribution in [1.29, 1.82) is 0 Å². The number of hydrogen-bond acceptors (Lipinski definition) is 5. The highest BCUT2D eigenvalue weighted by atomic mass is 32.1. The first-order chi connectivity index (χ1) is 11.9. The number of hydrogen-bond donors (Lipinski definition) is 1. The molecule has 1 aliphatic heterocycles. The third kappa shape index (κ3) is 3.74. The number of carbonyl (C=O) groups is 1. The van der Waals surface area contributed by atoms with E-state index in [0.717, 1.165) is 4.88 Å². The summed E-state index contributed by atoms with van der Waals surface area (Å²) in [5.41, 5.74) is 0.380. The van der Waals surface area contributed by atoms with E-state index in [4.69, 9.17) is 14.2 Å². The average molecular weight is 361 g/mol. The van der Waals surface area contributed by atoms with Gasteiger partial charge in [0.15, 0.2) is 11.5 Å². The molecule has 1 unspecified atom stereocenters. The van der Waals surface area contributed by atoms with Crippen LogP contribution in [0.4, 0.5) is 0 Å². The molecule has 1 aliphatic rings. The van der Waals surface area contributed by atoms with E-state index in [0.29, 0.717) is 36.0 Å². The van der Waals surface area contributed by atoms with Crippen molar-refractivity contribution in [1.82, 2.24) is 5.32 Å². The lowest BCUT2D eigenvalue weighted by Crippen LogP contribution is -2.36. The Hall–Kier alpha value is -2.21. The van der Waals surface area contributed by atoms with E-state index in [1.54, 1.807) is 30.6 Å². The molecule has 0 fully saturated rings. The quantitative estimate of drug-likeness (QED) is 0.893. The Morgan fingerprint density at radius 3 is 2.68 bits per heavy atom. The standard InChI is InChI=1S/C19H23NO4S/c1-19(2,3)17(15-6-5-9-25-15)20-18(21)12-10-13(22-4)16-14(11-12)23-7-8-24-16/h5-6,9-11,17H,7-8H2,1-4H3,(H,20,21). The first-order valence-corrected chi connectivity index (χ1v) is 9.10. The Balaban J connectivity index is 1.90. The molecule has 5 nitrogen and oxygen atoms in total. The van der Waals surface area contributed by atoms with Gasteiger partial charge in [-0.25, -0.2) is 0 Å². The van der Waals surface area contributed by atoms with Gasteiger partial charge in [-0.05, 0) is 29.0 Å². The Morgan fingerprint density at radius 1 is 1.28 bits per heavy atom. The zero-order valence-corrected chi connectivity index (χ0v) is 15.7. The van der Waals surface area contributed by atoms with Gasteiger partial charge in [0.25, 0.3) is 5.91 Å². The zero-order valence-electron chi connectivity index (χ0n) is 14.9. The van der Waals surface area contributed by atoms with E-state index in [-0.39, 0.29) is 17.4 Å². The highest BCUT2D eigenvalue weighted by Gasteiger charge is 2.30. The van der Waals surface area contributed by atoms with Crippen molar-refractivity contribution in [3.8, 4) is 17.2 Å². The summed E-state index contributed by atoms with van der Waals surface area (Å²) >= 11 is 1.64. The highest BCUT2D eigenvalue weighted by molar-refractivity contribution is 7.10. The molecule has 1 aromatic heterocycles. The van der Waals surface area contributed by atoms with Crippen molar-refractivity contribution in [3.05, 3.63) is 40.1 Å². The second-order valence-corrected chi connectivity index (χ2v) is 7.97. The smallest absolute Gasteiger partial charge is 0.252 e. The van der Waals surface area contributed by atoms with Crippen LogP contribution in [0.5, 0.6) is 17.2 Å². The number of methoxy groups -OCH3 is 1. The van der Waals surface area contributed by atoms with E-state index in [9.17, 15) is 4.79 Å². The summed E-state index contributed by atoms with van der Waals surface area (Å²) in [4.78, 5) is 14.0. The van der Waals surface area contributed by atoms with Gasteiger partial charge in [-0.15, -0.1) is 11.3 Å². The number of fused-ring (bicyclic) bond motifs is 1. The first kappa shape index (κ1) is 17.6. The van der Waals surface area contributed by atoms with E-state index >= 15 is 0 Å². The number of nitrogens with one attached hydrogen (secondary N) is 1. The Morgan fingerprint density at radius 2 is 2.04 bits per heavy atom. The number of amides is 1. The van der Waals surface area contributed by atoms with Crippen LogP contribution < -0.4 is 19.5 Å². The number of rotatable bonds is 4. The molecular weight excluding hydrogens is 338 g/mol. The van der Waals surface area contributed by atoms with E-state index in [2.05, 4.69) is 26.1 Å². The maximum Gasteiger partial charge on any atom is 0.252 e. The molecule has 0 spiro atoms. The fourth-order valence-corrected chi connectivity index (χ4v) is 3.81. The molecule has 1 aromatic carbocycles. The third-order valence-corrected chi connectivity index (χ3v) is 5.00. The van der Waals surface area contributed by atoms with Crippen molar-refractivity contribution in [3.63, 3.8) is 0 Å². The Kier molecular flexibility index (Phi) is 4.90. The maximum absolute atomic E-state index is 12.9. The SMILES string of the molecule is COc1cc(C(=O)NC(c2cccs2)C(C)(C)C)cc2c1OCCO2. The fourth-order valence-electron chi connectivity index (χ4n) is 2.79. The molecule has 0 bridgehead atoms. The van der Waals surface area contributed by atoms with Crippen molar-refractivity contribution < 1.29 is 19.0 Å². The van der Waals surface area contributed by atoms with Gasteiger partial charge < -0.3 is 19.5 Å². The number of ether oxygens (including phenoxy) is 3. The summed E-state index contributed by atoms with van der Waals surface area (Å²) < 4.78 is 16.6. The van der Waals surface area contributed by atoms with Gasteiger partial charge in [0, 0.05) is 10.4 Å². The summed E-state index contributed by atoms with van der Waals surface area (Å²) in [6, 6.07) is 7.36. The highest BCUT2D eigenvalue weighted by Crippen LogP contribution is 2.41. The van der Waals surface area contributed by atoms with Crippen LogP contribution in [0.1, 0.15) is 42.0 Å². The minimum atomic E-state index is -0.163. The molecule has 1 N–H and O–H groups in total. The number of thiophene rings is 1. The van der Waals surface area contributed by atoms with Crippen LogP contribution in [0.2, 0.25) is 0 Å². The van der Waals surface area contributed by atoms with Gasteiger partial charge in [-0.1, -0.05) is 26.8 Å². The van der Waals surface area contributed by atoms with Crippen LogP contribution in [0.3, 0.4) is 0 Å². The summed E-state index contributed by atoms with van der Waals surface area (Å²) in [6.07, 6.45) is 0. The van der Waals surface area contributed by atoms with E-state index in [1.807, 2.05) is 17.5 Å². The molecule has 3 rings (SSSR count). The Labute approximate surface area is 151 Å². The van der Waals surface area contributed by atoms with E-state index in [1.165, 1.54) is 0 Å².